The van der Waals surface area contributed by atoms with E-state index in [1.165, 1.54) is 41.7 Å². The first-order chi connectivity index (χ1) is 38.3. The zero-order valence-electron chi connectivity index (χ0n) is 46.8. The minimum absolute atomic E-state index is 0.00728. The smallest absolute Gasteiger partial charge is 0.326 e. The standard InChI is InChI=1S/C53H83N13O14S/c1-7-30(6)44(52(78)57-25-42(68)66-18-10-12-41(66)51(77)64-40(26-81)50(76)59-35(53(79)80)11-8-9-17-54)65-49(75)37(21-31-13-15-33(67)16-14-31)62-48(74)39(23-43(69)70)63-46(72)36(20-29(4)5)61-47(73)38(22-32-24-56-27-58-32)60-45(71)34(55)19-28(2)3/h13-16,24,27-30,34-41,44,67,81H,7-12,17-23,25-26,54-55H2,1-6H3,(H,56,58)(H,57,78)(H,59,76)(H,60,71)(H,61,73)(H,62,74)(H,63,72)(H,64,77)(H,65,75)(H,69,70)(H,79,80)/t30-,34-,35-,36-,37-,38-,39-,40-,41-,44-/m0/s1. The van der Waals surface area contributed by atoms with Gasteiger partial charge in [-0.3, -0.25) is 47.9 Å². The van der Waals surface area contributed by atoms with Gasteiger partial charge in [-0.1, -0.05) is 60.1 Å². The summed E-state index contributed by atoms with van der Waals surface area (Å²) in [5.74, 6) is -11.3. The monoisotopic (exact) mass is 1160 g/mol. The van der Waals surface area contributed by atoms with Gasteiger partial charge in [0.1, 0.15) is 54.1 Å². The van der Waals surface area contributed by atoms with Crippen molar-refractivity contribution >= 4 is 77.7 Å². The molecule has 1 aromatic heterocycles. The molecular formula is C53H83N13O14S. The van der Waals surface area contributed by atoms with Crippen LogP contribution in [0.2, 0.25) is 0 Å². The van der Waals surface area contributed by atoms with Crippen LogP contribution in [0.5, 0.6) is 5.75 Å². The maximum Gasteiger partial charge on any atom is 0.326 e. The third kappa shape index (κ3) is 23.0. The van der Waals surface area contributed by atoms with Gasteiger partial charge in [0.05, 0.1) is 25.3 Å². The average molecular weight is 1160 g/mol. The number of aromatic nitrogens is 2. The number of thiol groups is 1. The number of benzene rings is 1. The van der Waals surface area contributed by atoms with E-state index >= 15 is 0 Å². The lowest BCUT2D eigenvalue weighted by Gasteiger charge is -2.29. The molecule has 1 aromatic carbocycles. The normalized spacial score (nSPS) is 16.5. The van der Waals surface area contributed by atoms with E-state index in [1.807, 2.05) is 13.8 Å². The maximum atomic E-state index is 14.4. The molecule has 0 aliphatic carbocycles. The van der Waals surface area contributed by atoms with Gasteiger partial charge in [-0.15, -0.1) is 0 Å². The number of carboxylic acid groups (broad SMARTS) is 2. The van der Waals surface area contributed by atoms with Crippen LogP contribution in [0.15, 0.2) is 36.8 Å². The lowest BCUT2D eigenvalue weighted by molar-refractivity contribution is -0.143. The number of phenolic OH excluding ortho intramolecular Hbond substituents is 1. The van der Waals surface area contributed by atoms with E-state index in [1.54, 1.807) is 27.7 Å². The van der Waals surface area contributed by atoms with Crippen molar-refractivity contribution in [2.24, 2.45) is 29.2 Å². The van der Waals surface area contributed by atoms with Crippen LogP contribution in [0, 0.1) is 17.8 Å². The van der Waals surface area contributed by atoms with Crippen molar-refractivity contribution < 1.29 is 68.1 Å². The number of likely N-dealkylation sites (tertiary alicyclic amines) is 1. The Balaban J connectivity index is 1.82. The van der Waals surface area contributed by atoms with Gasteiger partial charge in [0.2, 0.25) is 53.2 Å². The number of imidazole rings is 1. The first-order valence-corrected chi connectivity index (χ1v) is 27.9. The number of rotatable bonds is 35. The number of amides is 9. The molecule has 3 rings (SSSR count). The lowest BCUT2D eigenvalue weighted by atomic mass is 9.97. The number of unbranched alkanes of at least 4 members (excludes halogenated alkanes) is 1. The van der Waals surface area contributed by atoms with E-state index in [0.29, 0.717) is 49.9 Å². The molecule has 1 fully saturated rings. The lowest BCUT2D eigenvalue weighted by Crippen LogP contribution is -2.61. The first kappa shape index (κ1) is 67.9. The fourth-order valence-electron chi connectivity index (χ4n) is 8.85. The number of aromatic amines is 1. The van der Waals surface area contributed by atoms with Crippen molar-refractivity contribution in [3.05, 3.63) is 48.0 Å². The summed E-state index contributed by atoms with van der Waals surface area (Å²) in [4.78, 5) is 156. The molecule has 0 spiro atoms. The molecule has 1 saturated heterocycles. The Kier molecular flexibility index (Phi) is 28.6. The van der Waals surface area contributed by atoms with Crippen molar-refractivity contribution in [3.8, 4) is 5.75 Å². The molecule has 2 aromatic rings. The Bertz CT molecular complexity index is 2450. The summed E-state index contributed by atoms with van der Waals surface area (Å²) in [7, 11) is 0. The second-order valence-corrected chi connectivity index (χ2v) is 21.5. The number of nitrogens with two attached hydrogens (primary N) is 2. The molecule has 2 heterocycles. The maximum absolute atomic E-state index is 14.4. The van der Waals surface area contributed by atoms with Gasteiger partial charge >= 0.3 is 11.9 Å². The largest absolute Gasteiger partial charge is 0.508 e. The third-order valence-corrected chi connectivity index (χ3v) is 13.9. The number of aromatic hydroxyl groups is 1. The molecule has 0 unspecified atom stereocenters. The zero-order chi connectivity index (χ0) is 60.5. The molecule has 9 amide bonds. The van der Waals surface area contributed by atoms with E-state index in [9.17, 15) is 68.1 Å². The molecule has 0 saturated carbocycles. The number of carbonyl (C=O) groups excluding carboxylic acids is 9. The SMILES string of the molecule is CC[C@H](C)[C@H](NC(=O)[C@H](Cc1ccc(O)cc1)NC(=O)[C@H](CC(=O)O)NC(=O)[C@H](CC(C)C)NC(=O)[C@H](Cc1cnc[nH]1)NC(=O)[C@@H](N)CC(C)C)C(=O)NCC(=O)N1CCC[C@H]1C(=O)N[C@@H](CS)C(=O)N[C@@H](CCCCN)C(=O)O. The molecule has 0 radical (unpaired) electrons. The highest BCUT2D eigenvalue weighted by Crippen LogP contribution is 2.19. The Morgan fingerprint density at radius 2 is 1.28 bits per heavy atom. The summed E-state index contributed by atoms with van der Waals surface area (Å²) >= 11 is 4.17. The fraction of sp³-hybridized carbons (Fsp3) is 0.623. The number of H-pyrrole nitrogens is 1. The van der Waals surface area contributed by atoms with Gasteiger partial charge in [-0.2, -0.15) is 12.6 Å². The summed E-state index contributed by atoms with van der Waals surface area (Å²) in [5.41, 5.74) is 12.5. The number of aliphatic carboxylic acids is 2. The molecule has 1 aliphatic heterocycles. The minimum atomic E-state index is -1.84. The molecule has 81 heavy (non-hydrogen) atoms. The second-order valence-electron chi connectivity index (χ2n) is 21.1. The van der Waals surface area contributed by atoms with E-state index < -0.39 is 138 Å². The summed E-state index contributed by atoms with van der Waals surface area (Å²) in [6.45, 7) is 10.5. The predicted octanol–water partition coefficient (Wildman–Crippen LogP) is -1.52. The number of carbonyl (C=O) groups is 11. The number of hydrogen-bond donors (Lipinski definition) is 15. The van der Waals surface area contributed by atoms with Crippen LogP contribution in [-0.4, -0.2) is 175 Å². The number of phenols is 1. The minimum Gasteiger partial charge on any atom is -0.508 e. The Morgan fingerprint density at radius 3 is 1.86 bits per heavy atom. The Hall–Kier alpha value is -7.33. The van der Waals surface area contributed by atoms with Gasteiger partial charge in [-0.05, 0) is 86.9 Å². The quantitative estimate of drug-likeness (QED) is 0.0275. The number of carboxylic acids is 2. The van der Waals surface area contributed by atoms with Crippen LogP contribution in [-0.2, 0) is 65.6 Å². The summed E-state index contributed by atoms with van der Waals surface area (Å²) in [5, 5.41) is 49.9. The van der Waals surface area contributed by atoms with Crippen LogP contribution >= 0.6 is 12.6 Å². The highest BCUT2D eigenvalue weighted by Gasteiger charge is 2.39. The van der Waals surface area contributed by atoms with Crippen LogP contribution in [0.1, 0.15) is 111 Å². The molecule has 450 valence electrons. The van der Waals surface area contributed by atoms with E-state index in [-0.39, 0.29) is 62.0 Å². The van der Waals surface area contributed by atoms with Gasteiger partial charge in [0, 0.05) is 37.0 Å². The van der Waals surface area contributed by atoms with Crippen molar-refractivity contribution in [2.45, 2.75) is 167 Å². The number of hydrogen-bond acceptors (Lipinski definition) is 16. The molecule has 27 nitrogen and oxygen atoms in total. The first-order valence-electron chi connectivity index (χ1n) is 27.2. The second kappa shape index (κ2) is 34.1. The van der Waals surface area contributed by atoms with Crippen LogP contribution in [0.25, 0.3) is 0 Å². The molecule has 1 aliphatic rings. The van der Waals surface area contributed by atoms with Crippen molar-refractivity contribution in [3.63, 3.8) is 0 Å². The summed E-state index contributed by atoms with van der Waals surface area (Å²) < 4.78 is 0. The molecular weight excluding hydrogens is 1070 g/mol. The van der Waals surface area contributed by atoms with Crippen LogP contribution in [0.4, 0.5) is 0 Å². The van der Waals surface area contributed by atoms with Gasteiger partial charge < -0.3 is 79.2 Å². The average Bonchev–Trinajstić information content (AvgIpc) is 4.13. The topological polar surface area (TPSA) is 429 Å². The Labute approximate surface area is 476 Å². The predicted molar refractivity (Wildman–Crippen MR) is 298 cm³/mol. The molecule has 0 bridgehead atoms. The van der Waals surface area contributed by atoms with Crippen LogP contribution < -0.4 is 54.0 Å². The van der Waals surface area contributed by atoms with Crippen molar-refractivity contribution in [2.75, 3.05) is 25.4 Å². The third-order valence-electron chi connectivity index (χ3n) is 13.5. The van der Waals surface area contributed by atoms with Crippen LogP contribution in [0.3, 0.4) is 0 Å². The highest BCUT2D eigenvalue weighted by molar-refractivity contribution is 7.80. The zero-order valence-corrected chi connectivity index (χ0v) is 47.7. The van der Waals surface area contributed by atoms with Crippen molar-refractivity contribution in [1.82, 2.24) is 57.4 Å². The van der Waals surface area contributed by atoms with E-state index in [0.717, 1.165) is 0 Å². The highest BCUT2D eigenvalue weighted by atomic mass is 32.1. The van der Waals surface area contributed by atoms with Crippen molar-refractivity contribution in [1.29, 1.82) is 0 Å². The van der Waals surface area contributed by atoms with Gasteiger partial charge in [-0.25, -0.2) is 9.78 Å². The molecule has 16 N–H and O–H groups in total. The van der Waals surface area contributed by atoms with Gasteiger partial charge in [0.25, 0.3) is 0 Å². The summed E-state index contributed by atoms with van der Waals surface area (Å²) in [6, 6.07) is -6.30. The van der Waals surface area contributed by atoms with E-state index in [4.69, 9.17) is 11.5 Å². The Morgan fingerprint density at radius 1 is 0.716 bits per heavy atom. The fourth-order valence-corrected chi connectivity index (χ4v) is 9.11. The summed E-state index contributed by atoms with van der Waals surface area (Å²) in [6.07, 6.45) is 3.80. The molecule has 28 heteroatoms. The molecule has 10 atom stereocenters. The number of nitrogens with zero attached hydrogens (tertiary/aromatic N) is 2. The van der Waals surface area contributed by atoms with Gasteiger partial charge in [0.15, 0.2) is 0 Å². The number of nitrogens with one attached hydrogen (secondary N) is 9. The van der Waals surface area contributed by atoms with E-state index in [2.05, 4.69) is 65.1 Å².